The van der Waals surface area contributed by atoms with Crippen LogP contribution >= 0.6 is 0 Å². The molecule has 122 valence electrons. The highest BCUT2D eigenvalue weighted by molar-refractivity contribution is 5.82. The molecule has 1 saturated heterocycles. The van der Waals surface area contributed by atoms with E-state index in [0.717, 1.165) is 32.5 Å². The number of ether oxygens (including phenoxy) is 1. The normalized spacial score (nSPS) is 24.0. The van der Waals surface area contributed by atoms with Crippen LogP contribution in [0.1, 0.15) is 32.6 Å². The van der Waals surface area contributed by atoms with Gasteiger partial charge in [-0.3, -0.25) is 0 Å². The monoisotopic (exact) mass is 297 g/mol. The summed E-state index contributed by atoms with van der Waals surface area (Å²) in [5.74, 6) is 0.352. The molecule has 21 heavy (non-hydrogen) atoms. The smallest absolute Gasteiger partial charge is 0.327 e. The van der Waals surface area contributed by atoms with Crippen LogP contribution in [-0.2, 0) is 9.53 Å². The quantitative estimate of drug-likeness (QED) is 0.709. The number of hydrogen-bond donors (Lipinski definition) is 1. The van der Waals surface area contributed by atoms with Gasteiger partial charge in [0.15, 0.2) is 0 Å². The molecule has 2 rings (SSSR count). The molecule has 1 heterocycles. The first kappa shape index (κ1) is 16.7. The van der Waals surface area contributed by atoms with Gasteiger partial charge >= 0.3 is 5.97 Å². The third-order valence-electron chi connectivity index (χ3n) is 5.17. The predicted octanol–water partition coefficient (Wildman–Crippen LogP) is 0.944. The van der Waals surface area contributed by atoms with E-state index >= 15 is 0 Å². The lowest BCUT2D eigenvalue weighted by molar-refractivity contribution is -0.153. The van der Waals surface area contributed by atoms with E-state index in [1.165, 1.54) is 12.8 Å². The van der Waals surface area contributed by atoms with Gasteiger partial charge in [0.25, 0.3) is 0 Å². The van der Waals surface area contributed by atoms with Gasteiger partial charge in [-0.05, 0) is 72.8 Å². The molecule has 0 aromatic heterocycles. The van der Waals surface area contributed by atoms with E-state index in [9.17, 15) is 4.79 Å². The molecule has 0 bridgehead atoms. The minimum atomic E-state index is -0.520. The molecule has 0 amide bonds. The van der Waals surface area contributed by atoms with Crippen LogP contribution in [0.15, 0.2) is 0 Å². The summed E-state index contributed by atoms with van der Waals surface area (Å²) in [4.78, 5) is 17.3. The Morgan fingerprint density at radius 1 is 1.33 bits per heavy atom. The van der Waals surface area contributed by atoms with E-state index in [2.05, 4.69) is 29.2 Å². The van der Waals surface area contributed by atoms with Crippen molar-refractivity contribution in [3.63, 3.8) is 0 Å². The Labute approximate surface area is 129 Å². The number of piperidine rings is 1. The number of carbonyl (C=O) groups excluding carboxylic acids is 1. The number of esters is 1. The molecule has 2 aliphatic rings. The number of nitrogens with one attached hydrogen (secondary N) is 1. The van der Waals surface area contributed by atoms with E-state index in [-0.39, 0.29) is 5.97 Å². The van der Waals surface area contributed by atoms with Crippen molar-refractivity contribution in [2.75, 3.05) is 47.4 Å². The molecule has 1 aliphatic carbocycles. The Morgan fingerprint density at radius 3 is 2.43 bits per heavy atom. The zero-order valence-corrected chi connectivity index (χ0v) is 14.0. The zero-order chi connectivity index (χ0) is 15.5. The van der Waals surface area contributed by atoms with Gasteiger partial charge in [-0.15, -0.1) is 0 Å². The average molecular weight is 297 g/mol. The molecule has 0 radical (unpaired) electrons. The summed E-state index contributed by atoms with van der Waals surface area (Å²) < 4.78 is 5.37. The van der Waals surface area contributed by atoms with Gasteiger partial charge < -0.3 is 19.9 Å². The second-order valence-corrected chi connectivity index (χ2v) is 6.67. The minimum Gasteiger partial charge on any atom is -0.465 e. The summed E-state index contributed by atoms with van der Waals surface area (Å²) in [6.45, 7) is 5.37. The van der Waals surface area contributed by atoms with Crippen molar-refractivity contribution in [2.24, 2.45) is 5.92 Å². The standard InChI is InChI=1S/C16H31N3O2/c1-5-21-15(20)16(17-2,13-6-7-13)12-19(4)14-8-10-18(3)11-9-14/h13-14,17H,5-12H2,1-4H3. The van der Waals surface area contributed by atoms with Crippen molar-refractivity contribution in [1.82, 2.24) is 15.1 Å². The van der Waals surface area contributed by atoms with Gasteiger partial charge in [-0.1, -0.05) is 0 Å². The summed E-state index contributed by atoms with van der Waals surface area (Å²) in [6.07, 6.45) is 4.61. The van der Waals surface area contributed by atoms with Crippen LogP contribution in [0.3, 0.4) is 0 Å². The second kappa shape index (κ2) is 7.07. The molecule has 0 spiro atoms. The van der Waals surface area contributed by atoms with Crippen LogP contribution in [0.25, 0.3) is 0 Å². The average Bonchev–Trinajstić information content (AvgIpc) is 3.30. The lowest BCUT2D eigenvalue weighted by Crippen LogP contribution is -2.61. The molecular weight excluding hydrogens is 266 g/mol. The highest BCUT2D eigenvalue weighted by Gasteiger charge is 2.52. The molecule has 5 nitrogen and oxygen atoms in total. The largest absolute Gasteiger partial charge is 0.465 e. The predicted molar refractivity (Wildman–Crippen MR) is 84.3 cm³/mol. The Kier molecular flexibility index (Phi) is 5.63. The Bertz CT molecular complexity index is 351. The van der Waals surface area contributed by atoms with E-state index in [0.29, 0.717) is 18.6 Å². The van der Waals surface area contributed by atoms with E-state index in [1.54, 1.807) is 0 Å². The summed E-state index contributed by atoms with van der Waals surface area (Å²) in [6, 6.07) is 0.571. The molecule has 1 aliphatic heterocycles. The number of hydrogen-bond acceptors (Lipinski definition) is 5. The highest BCUT2D eigenvalue weighted by atomic mass is 16.5. The summed E-state index contributed by atoms with van der Waals surface area (Å²) in [5.41, 5.74) is -0.520. The highest BCUT2D eigenvalue weighted by Crippen LogP contribution is 2.41. The van der Waals surface area contributed by atoms with Crippen molar-refractivity contribution in [2.45, 2.75) is 44.2 Å². The number of likely N-dealkylation sites (N-methyl/N-ethyl adjacent to an activating group) is 2. The van der Waals surface area contributed by atoms with Crippen molar-refractivity contribution in [1.29, 1.82) is 0 Å². The fourth-order valence-corrected chi connectivity index (χ4v) is 3.54. The molecule has 0 aromatic carbocycles. The maximum absolute atomic E-state index is 12.5. The summed E-state index contributed by atoms with van der Waals surface area (Å²) in [7, 11) is 6.23. The molecule has 1 saturated carbocycles. The lowest BCUT2D eigenvalue weighted by Gasteiger charge is -2.40. The first-order valence-electron chi connectivity index (χ1n) is 8.28. The minimum absolute atomic E-state index is 0.0743. The van der Waals surface area contributed by atoms with E-state index < -0.39 is 5.54 Å². The van der Waals surface area contributed by atoms with E-state index in [4.69, 9.17) is 4.74 Å². The van der Waals surface area contributed by atoms with Crippen molar-refractivity contribution >= 4 is 5.97 Å². The number of carbonyl (C=O) groups is 1. The van der Waals surface area contributed by atoms with Crippen LogP contribution < -0.4 is 5.32 Å². The molecule has 0 aromatic rings. The second-order valence-electron chi connectivity index (χ2n) is 6.67. The molecule has 1 unspecified atom stereocenters. The molecular formula is C16H31N3O2. The van der Waals surface area contributed by atoms with Crippen LogP contribution in [0.5, 0.6) is 0 Å². The first-order chi connectivity index (χ1) is 10.0. The Morgan fingerprint density at radius 2 is 1.95 bits per heavy atom. The number of nitrogens with zero attached hydrogens (tertiary/aromatic N) is 2. The van der Waals surface area contributed by atoms with Crippen molar-refractivity contribution in [3.8, 4) is 0 Å². The third-order valence-corrected chi connectivity index (χ3v) is 5.17. The molecule has 1 N–H and O–H groups in total. The van der Waals surface area contributed by atoms with Crippen LogP contribution in [0.4, 0.5) is 0 Å². The first-order valence-corrected chi connectivity index (χ1v) is 8.28. The van der Waals surface area contributed by atoms with Gasteiger partial charge in [0.2, 0.25) is 0 Å². The molecule has 2 fully saturated rings. The topological polar surface area (TPSA) is 44.8 Å². The Hall–Kier alpha value is -0.650. The summed E-state index contributed by atoms with van der Waals surface area (Å²) >= 11 is 0. The van der Waals surface area contributed by atoms with Gasteiger partial charge in [-0.2, -0.15) is 0 Å². The lowest BCUT2D eigenvalue weighted by atomic mass is 9.91. The van der Waals surface area contributed by atoms with Gasteiger partial charge in [0.05, 0.1) is 6.61 Å². The third kappa shape index (κ3) is 3.76. The maximum atomic E-state index is 12.5. The number of likely N-dealkylation sites (tertiary alicyclic amines) is 1. The van der Waals surface area contributed by atoms with Crippen molar-refractivity contribution in [3.05, 3.63) is 0 Å². The maximum Gasteiger partial charge on any atom is 0.327 e. The van der Waals surface area contributed by atoms with Gasteiger partial charge in [0.1, 0.15) is 5.54 Å². The Balaban J connectivity index is 2.02. The SMILES string of the molecule is CCOC(=O)C(CN(C)C1CCN(C)CC1)(NC)C1CC1. The fraction of sp³-hybridized carbons (Fsp3) is 0.938. The molecule has 1 atom stereocenters. The summed E-state index contributed by atoms with van der Waals surface area (Å²) in [5, 5.41) is 3.31. The van der Waals surface area contributed by atoms with Gasteiger partial charge in [-0.25, -0.2) is 4.79 Å². The van der Waals surface area contributed by atoms with Crippen LogP contribution in [-0.4, -0.2) is 74.7 Å². The zero-order valence-electron chi connectivity index (χ0n) is 14.0. The van der Waals surface area contributed by atoms with Crippen LogP contribution in [0.2, 0.25) is 0 Å². The molecule has 5 heteroatoms. The van der Waals surface area contributed by atoms with Crippen LogP contribution in [0, 0.1) is 5.92 Å². The number of rotatable bonds is 7. The van der Waals surface area contributed by atoms with E-state index in [1.807, 2.05) is 14.0 Å². The van der Waals surface area contributed by atoms with Crippen molar-refractivity contribution < 1.29 is 9.53 Å². The fourth-order valence-electron chi connectivity index (χ4n) is 3.54. The van der Waals surface area contributed by atoms with Gasteiger partial charge in [0, 0.05) is 12.6 Å².